The minimum Gasteiger partial charge on any atom is -0.368 e. The molecule has 3 aromatic rings. The van der Waals surface area contributed by atoms with Crippen LogP contribution in [0.2, 0.25) is 0 Å². The molecule has 1 aromatic heterocycles. The van der Waals surface area contributed by atoms with Crippen LogP contribution < -0.4 is 4.90 Å². The van der Waals surface area contributed by atoms with Gasteiger partial charge in [0, 0.05) is 50.2 Å². The van der Waals surface area contributed by atoms with E-state index in [0.29, 0.717) is 6.42 Å². The standard InChI is InChI=1S/C23H26N4O/c1-19-17-27(18-24-19)22-10-8-21(9-11-22)25-13-15-26(16-14-25)23(28)12-7-20-5-3-2-4-6-20/h2-6,8-11,17-18H,7,12-16H2,1H3. The van der Waals surface area contributed by atoms with E-state index in [1.165, 1.54) is 11.3 Å². The number of rotatable bonds is 5. The Balaban J connectivity index is 1.29. The zero-order valence-corrected chi connectivity index (χ0v) is 16.3. The number of imidazole rings is 1. The molecule has 0 spiro atoms. The van der Waals surface area contributed by atoms with Crippen molar-refractivity contribution in [3.8, 4) is 5.69 Å². The molecule has 0 atom stereocenters. The molecule has 2 heterocycles. The summed E-state index contributed by atoms with van der Waals surface area (Å²) in [5, 5.41) is 0. The van der Waals surface area contributed by atoms with Gasteiger partial charge in [-0.25, -0.2) is 4.98 Å². The van der Waals surface area contributed by atoms with Gasteiger partial charge in [0.2, 0.25) is 5.91 Å². The van der Waals surface area contributed by atoms with Crippen molar-refractivity contribution >= 4 is 11.6 Å². The lowest BCUT2D eigenvalue weighted by Crippen LogP contribution is -2.48. The summed E-state index contributed by atoms with van der Waals surface area (Å²) in [5.74, 6) is 0.259. The summed E-state index contributed by atoms with van der Waals surface area (Å²) >= 11 is 0. The SMILES string of the molecule is Cc1cn(-c2ccc(N3CCN(C(=O)CCc4ccccc4)CC3)cc2)cn1. The maximum Gasteiger partial charge on any atom is 0.223 e. The number of nitrogens with zero attached hydrogens (tertiary/aromatic N) is 4. The molecule has 1 aliphatic rings. The van der Waals surface area contributed by atoms with Crippen LogP contribution >= 0.6 is 0 Å². The first-order valence-electron chi connectivity index (χ1n) is 9.87. The summed E-state index contributed by atoms with van der Waals surface area (Å²) in [6.45, 7) is 5.32. The molecule has 0 bridgehead atoms. The number of aromatic nitrogens is 2. The van der Waals surface area contributed by atoms with Crippen molar-refractivity contribution in [2.45, 2.75) is 19.8 Å². The number of carbonyl (C=O) groups is 1. The molecule has 5 nitrogen and oxygen atoms in total. The Kier molecular flexibility index (Phi) is 5.42. The molecule has 0 radical (unpaired) electrons. The first-order valence-corrected chi connectivity index (χ1v) is 9.87. The number of benzene rings is 2. The van der Waals surface area contributed by atoms with Crippen molar-refractivity contribution in [3.63, 3.8) is 0 Å². The number of piperazine rings is 1. The number of carbonyl (C=O) groups excluding carboxylic acids is 1. The Morgan fingerprint density at radius 2 is 1.61 bits per heavy atom. The number of hydrogen-bond acceptors (Lipinski definition) is 3. The van der Waals surface area contributed by atoms with Crippen LogP contribution in [0.1, 0.15) is 17.7 Å². The third kappa shape index (κ3) is 4.25. The minimum absolute atomic E-state index is 0.259. The van der Waals surface area contributed by atoms with E-state index in [9.17, 15) is 4.79 Å². The monoisotopic (exact) mass is 374 g/mol. The van der Waals surface area contributed by atoms with Gasteiger partial charge in [-0.2, -0.15) is 0 Å². The Morgan fingerprint density at radius 3 is 2.25 bits per heavy atom. The Hall–Kier alpha value is -3.08. The maximum atomic E-state index is 12.5. The first-order chi connectivity index (χ1) is 13.7. The Morgan fingerprint density at radius 1 is 0.929 bits per heavy atom. The molecule has 28 heavy (non-hydrogen) atoms. The van der Waals surface area contributed by atoms with Gasteiger partial charge in [0.25, 0.3) is 0 Å². The molecule has 144 valence electrons. The lowest BCUT2D eigenvalue weighted by molar-refractivity contribution is -0.131. The van der Waals surface area contributed by atoms with Crippen molar-refractivity contribution in [3.05, 3.63) is 78.4 Å². The minimum atomic E-state index is 0.259. The summed E-state index contributed by atoms with van der Waals surface area (Å²) in [4.78, 5) is 21.1. The fourth-order valence-corrected chi connectivity index (χ4v) is 3.67. The molecule has 0 unspecified atom stereocenters. The van der Waals surface area contributed by atoms with Crippen LogP contribution in [0, 0.1) is 6.92 Å². The number of anilines is 1. The highest BCUT2D eigenvalue weighted by Gasteiger charge is 2.21. The summed E-state index contributed by atoms with van der Waals surface area (Å²) in [7, 11) is 0. The number of aryl methyl sites for hydroxylation is 2. The van der Waals surface area contributed by atoms with E-state index in [4.69, 9.17) is 0 Å². The first kappa shape index (κ1) is 18.3. The van der Waals surface area contributed by atoms with Crippen LogP contribution in [0.25, 0.3) is 5.69 Å². The molecule has 1 aliphatic heterocycles. The predicted octanol–water partition coefficient (Wildman–Crippen LogP) is 3.46. The maximum absolute atomic E-state index is 12.5. The molecule has 0 saturated carbocycles. The van der Waals surface area contributed by atoms with E-state index in [1.54, 1.807) is 0 Å². The normalized spacial score (nSPS) is 14.3. The zero-order chi connectivity index (χ0) is 19.3. The average molecular weight is 374 g/mol. The van der Waals surface area contributed by atoms with Gasteiger partial charge in [-0.05, 0) is 43.2 Å². The lowest BCUT2D eigenvalue weighted by atomic mass is 10.1. The topological polar surface area (TPSA) is 41.4 Å². The van der Waals surface area contributed by atoms with Gasteiger partial charge in [-0.15, -0.1) is 0 Å². The highest BCUT2D eigenvalue weighted by Crippen LogP contribution is 2.20. The Bertz CT molecular complexity index is 909. The third-order valence-electron chi connectivity index (χ3n) is 5.33. The average Bonchev–Trinajstić information content (AvgIpc) is 3.19. The van der Waals surface area contributed by atoms with Crippen LogP contribution in [0.4, 0.5) is 5.69 Å². The van der Waals surface area contributed by atoms with E-state index >= 15 is 0 Å². The molecule has 2 aromatic carbocycles. The van der Waals surface area contributed by atoms with Gasteiger partial charge in [0.1, 0.15) is 0 Å². The second-order valence-electron chi connectivity index (χ2n) is 7.29. The van der Waals surface area contributed by atoms with Crippen molar-refractivity contribution in [2.75, 3.05) is 31.1 Å². The van der Waals surface area contributed by atoms with Crippen LogP contribution in [0.15, 0.2) is 67.1 Å². The van der Waals surface area contributed by atoms with Crippen molar-refractivity contribution < 1.29 is 4.79 Å². The molecule has 1 amide bonds. The molecule has 1 fully saturated rings. The van der Waals surface area contributed by atoms with Crippen LogP contribution in [-0.4, -0.2) is 46.5 Å². The van der Waals surface area contributed by atoms with Gasteiger partial charge in [0.15, 0.2) is 0 Å². The molecule has 0 N–H and O–H groups in total. The fourth-order valence-electron chi connectivity index (χ4n) is 3.67. The van der Waals surface area contributed by atoms with E-state index in [-0.39, 0.29) is 5.91 Å². The van der Waals surface area contributed by atoms with Crippen molar-refractivity contribution in [2.24, 2.45) is 0 Å². The van der Waals surface area contributed by atoms with Gasteiger partial charge in [0.05, 0.1) is 12.0 Å². The largest absolute Gasteiger partial charge is 0.368 e. The predicted molar refractivity (Wildman–Crippen MR) is 112 cm³/mol. The lowest BCUT2D eigenvalue weighted by Gasteiger charge is -2.36. The van der Waals surface area contributed by atoms with Crippen molar-refractivity contribution in [1.29, 1.82) is 0 Å². The second-order valence-corrected chi connectivity index (χ2v) is 7.29. The highest BCUT2D eigenvalue weighted by atomic mass is 16.2. The van der Waals surface area contributed by atoms with Gasteiger partial charge >= 0.3 is 0 Å². The van der Waals surface area contributed by atoms with E-state index in [2.05, 4.69) is 46.3 Å². The smallest absolute Gasteiger partial charge is 0.223 e. The van der Waals surface area contributed by atoms with Gasteiger partial charge < -0.3 is 14.4 Å². The van der Waals surface area contributed by atoms with Gasteiger partial charge in [-0.1, -0.05) is 30.3 Å². The molecule has 4 rings (SSSR count). The summed E-state index contributed by atoms with van der Waals surface area (Å²) < 4.78 is 2.03. The second kappa shape index (κ2) is 8.30. The summed E-state index contributed by atoms with van der Waals surface area (Å²) in [6.07, 6.45) is 5.26. The third-order valence-corrected chi connectivity index (χ3v) is 5.33. The molecular weight excluding hydrogens is 348 g/mol. The van der Waals surface area contributed by atoms with E-state index < -0.39 is 0 Å². The molecular formula is C23H26N4O. The number of hydrogen-bond donors (Lipinski definition) is 0. The zero-order valence-electron chi connectivity index (χ0n) is 16.3. The van der Waals surface area contributed by atoms with Crippen LogP contribution in [0.3, 0.4) is 0 Å². The summed E-state index contributed by atoms with van der Waals surface area (Å²) in [6, 6.07) is 18.8. The van der Waals surface area contributed by atoms with E-state index in [0.717, 1.165) is 44.0 Å². The van der Waals surface area contributed by atoms with Crippen molar-refractivity contribution in [1.82, 2.24) is 14.5 Å². The van der Waals surface area contributed by atoms with Crippen LogP contribution in [-0.2, 0) is 11.2 Å². The highest BCUT2D eigenvalue weighted by molar-refractivity contribution is 5.76. The summed E-state index contributed by atoms with van der Waals surface area (Å²) in [5.41, 5.74) is 4.55. The van der Waals surface area contributed by atoms with Crippen LogP contribution in [0.5, 0.6) is 0 Å². The molecule has 0 aliphatic carbocycles. The van der Waals surface area contributed by atoms with E-state index in [1.807, 2.05) is 47.1 Å². The molecule has 1 saturated heterocycles. The van der Waals surface area contributed by atoms with Gasteiger partial charge in [-0.3, -0.25) is 4.79 Å². The Labute approximate surface area is 166 Å². The fraction of sp³-hybridized carbons (Fsp3) is 0.304. The number of amides is 1. The molecule has 5 heteroatoms. The quantitative estimate of drug-likeness (QED) is 0.687.